The summed E-state index contributed by atoms with van der Waals surface area (Å²) in [5.74, 6) is 0. The van der Waals surface area contributed by atoms with Gasteiger partial charge in [-0.05, 0) is 20.3 Å². The van der Waals surface area contributed by atoms with E-state index in [4.69, 9.17) is 10.2 Å². The topological polar surface area (TPSA) is 40.5 Å². The van der Waals surface area contributed by atoms with E-state index in [1.165, 1.54) is 0 Å². The Morgan fingerprint density at radius 2 is 1.38 bits per heavy atom. The molecule has 0 saturated carbocycles. The second-order valence-corrected chi connectivity index (χ2v) is 1.93. The largest absolute Gasteiger partial charge is 0.393 e. The van der Waals surface area contributed by atoms with Gasteiger partial charge in [0.05, 0.1) is 12.2 Å². The van der Waals surface area contributed by atoms with Gasteiger partial charge in [0.1, 0.15) is 0 Å². The third-order valence-electron chi connectivity index (χ3n) is 0.682. The van der Waals surface area contributed by atoms with Crippen LogP contribution in [-0.2, 0) is 22.4 Å². The van der Waals surface area contributed by atoms with Crippen molar-refractivity contribution in [3.63, 3.8) is 0 Å². The first-order valence-electron chi connectivity index (χ1n) is 2.49. The van der Waals surface area contributed by atoms with Gasteiger partial charge >= 0.3 is 0 Å². The predicted octanol–water partition coefficient (Wildman–Crippen LogP) is 0.136. The van der Waals surface area contributed by atoms with Crippen molar-refractivity contribution in [2.24, 2.45) is 0 Å². The van der Waals surface area contributed by atoms with Crippen LogP contribution in [0, 0.1) is 0 Å². The van der Waals surface area contributed by atoms with Crippen LogP contribution in [0.15, 0.2) is 0 Å². The molecule has 0 aromatic heterocycles. The SMILES string of the molecule is CC(O)CC(C)O.[Ag]. The smallest absolute Gasteiger partial charge is 0.0536 e. The molecule has 0 saturated heterocycles. The van der Waals surface area contributed by atoms with E-state index in [0.717, 1.165) is 0 Å². The number of hydrogen-bond acceptors (Lipinski definition) is 2. The second kappa shape index (κ2) is 5.79. The molecule has 2 N–H and O–H groups in total. The van der Waals surface area contributed by atoms with Crippen LogP contribution in [0.25, 0.3) is 0 Å². The Labute approximate surface area is 65.4 Å². The van der Waals surface area contributed by atoms with Gasteiger partial charge in [-0.1, -0.05) is 0 Å². The number of rotatable bonds is 2. The Balaban J connectivity index is 0. The molecule has 2 nitrogen and oxygen atoms in total. The summed E-state index contributed by atoms with van der Waals surface area (Å²) >= 11 is 0. The van der Waals surface area contributed by atoms with E-state index in [1.54, 1.807) is 13.8 Å². The first-order valence-corrected chi connectivity index (χ1v) is 2.49. The second-order valence-electron chi connectivity index (χ2n) is 1.93. The monoisotopic (exact) mass is 211 g/mol. The van der Waals surface area contributed by atoms with Crippen LogP contribution in [0.3, 0.4) is 0 Å². The van der Waals surface area contributed by atoms with Gasteiger partial charge < -0.3 is 10.2 Å². The van der Waals surface area contributed by atoms with E-state index >= 15 is 0 Å². The summed E-state index contributed by atoms with van der Waals surface area (Å²) in [7, 11) is 0. The van der Waals surface area contributed by atoms with E-state index in [0.29, 0.717) is 6.42 Å². The average molecular weight is 212 g/mol. The van der Waals surface area contributed by atoms with Gasteiger partial charge in [0.15, 0.2) is 0 Å². The Kier molecular flexibility index (Phi) is 8.29. The first-order chi connectivity index (χ1) is 3.13. The summed E-state index contributed by atoms with van der Waals surface area (Å²) < 4.78 is 0. The minimum absolute atomic E-state index is 0. The van der Waals surface area contributed by atoms with Crippen LogP contribution < -0.4 is 0 Å². The molecule has 0 bridgehead atoms. The molecule has 0 rings (SSSR count). The summed E-state index contributed by atoms with van der Waals surface area (Å²) in [6.45, 7) is 3.32. The molecule has 55 valence electrons. The zero-order chi connectivity index (χ0) is 5.86. The van der Waals surface area contributed by atoms with Crippen molar-refractivity contribution in [3.05, 3.63) is 0 Å². The fraction of sp³-hybridized carbons (Fsp3) is 1.00. The van der Waals surface area contributed by atoms with Crippen LogP contribution in [0.4, 0.5) is 0 Å². The van der Waals surface area contributed by atoms with Crippen LogP contribution in [-0.4, -0.2) is 22.4 Å². The molecule has 8 heavy (non-hydrogen) atoms. The van der Waals surface area contributed by atoms with Crippen LogP contribution in [0.5, 0.6) is 0 Å². The van der Waals surface area contributed by atoms with Gasteiger partial charge in [-0.25, -0.2) is 0 Å². The zero-order valence-electron chi connectivity index (χ0n) is 5.06. The van der Waals surface area contributed by atoms with E-state index < -0.39 is 0 Å². The van der Waals surface area contributed by atoms with Gasteiger partial charge in [0.2, 0.25) is 0 Å². The summed E-state index contributed by atoms with van der Waals surface area (Å²) in [5.41, 5.74) is 0. The van der Waals surface area contributed by atoms with Crippen molar-refractivity contribution in [1.82, 2.24) is 0 Å². The van der Waals surface area contributed by atoms with Crippen molar-refractivity contribution < 1.29 is 32.6 Å². The van der Waals surface area contributed by atoms with Crippen molar-refractivity contribution in [2.45, 2.75) is 32.5 Å². The minimum atomic E-state index is -0.375. The third kappa shape index (κ3) is 9.83. The van der Waals surface area contributed by atoms with Crippen molar-refractivity contribution in [3.8, 4) is 0 Å². The zero-order valence-corrected chi connectivity index (χ0v) is 6.54. The van der Waals surface area contributed by atoms with Gasteiger partial charge in [-0.2, -0.15) is 0 Å². The molecule has 0 amide bonds. The molecule has 0 aliphatic rings. The molecule has 0 aromatic rings. The Morgan fingerprint density at radius 1 is 1.12 bits per heavy atom. The average Bonchev–Trinajstić information content (AvgIpc) is 1.27. The Morgan fingerprint density at radius 3 is 1.38 bits per heavy atom. The predicted molar refractivity (Wildman–Crippen MR) is 28.0 cm³/mol. The quantitative estimate of drug-likeness (QED) is 0.639. The summed E-state index contributed by atoms with van der Waals surface area (Å²) in [6, 6.07) is 0. The molecule has 0 aromatic carbocycles. The van der Waals surface area contributed by atoms with Gasteiger partial charge in [0, 0.05) is 22.4 Å². The summed E-state index contributed by atoms with van der Waals surface area (Å²) in [4.78, 5) is 0. The molecule has 0 fully saturated rings. The summed E-state index contributed by atoms with van der Waals surface area (Å²) in [5, 5.41) is 17.1. The number of hydrogen-bond donors (Lipinski definition) is 2. The molecule has 0 aliphatic carbocycles. The van der Waals surface area contributed by atoms with Gasteiger partial charge in [-0.3, -0.25) is 0 Å². The first kappa shape index (κ1) is 11.5. The molecule has 3 heteroatoms. The van der Waals surface area contributed by atoms with Crippen LogP contribution >= 0.6 is 0 Å². The molecule has 1 radical (unpaired) electrons. The maximum atomic E-state index is 8.56. The van der Waals surface area contributed by atoms with Crippen LogP contribution in [0.2, 0.25) is 0 Å². The van der Waals surface area contributed by atoms with Gasteiger partial charge in [-0.15, -0.1) is 0 Å². The number of aliphatic hydroxyl groups excluding tert-OH is 2. The van der Waals surface area contributed by atoms with Gasteiger partial charge in [0.25, 0.3) is 0 Å². The van der Waals surface area contributed by atoms with E-state index in [2.05, 4.69) is 0 Å². The molecule has 2 unspecified atom stereocenters. The van der Waals surface area contributed by atoms with Crippen molar-refractivity contribution >= 4 is 0 Å². The fourth-order valence-electron chi connectivity index (χ4n) is 0.494. The molecular weight excluding hydrogens is 200 g/mol. The molecule has 0 aliphatic heterocycles. The standard InChI is InChI=1S/C5H12O2.Ag/c1-4(6)3-5(2)7;/h4-7H,3H2,1-2H3;. The molecule has 0 spiro atoms. The molecule has 2 atom stereocenters. The normalized spacial score (nSPS) is 16.5. The van der Waals surface area contributed by atoms with Crippen molar-refractivity contribution in [1.29, 1.82) is 0 Å². The number of aliphatic hydroxyl groups is 2. The maximum absolute atomic E-state index is 8.56. The molecular formula is C5H12AgO2. The van der Waals surface area contributed by atoms with Crippen LogP contribution in [0.1, 0.15) is 20.3 Å². The fourth-order valence-corrected chi connectivity index (χ4v) is 0.494. The third-order valence-corrected chi connectivity index (χ3v) is 0.682. The Bertz CT molecular complexity index is 39.7. The minimum Gasteiger partial charge on any atom is -0.393 e. The van der Waals surface area contributed by atoms with E-state index in [1.807, 2.05) is 0 Å². The summed E-state index contributed by atoms with van der Waals surface area (Å²) in [6.07, 6.45) is -0.278. The molecule has 0 heterocycles. The maximum Gasteiger partial charge on any atom is 0.0536 e. The van der Waals surface area contributed by atoms with Crippen molar-refractivity contribution in [2.75, 3.05) is 0 Å². The Hall–Kier alpha value is 0.660. The van der Waals surface area contributed by atoms with E-state index in [9.17, 15) is 0 Å². The van der Waals surface area contributed by atoms with E-state index in [-0.39, 0.29) is 34.6 Å².